The van der Waals surface area contributed by atoms with E-state index in [2.05, 4.69) is 15.4 Å². The minimum absolute atomic E-state index is 0.0434. The molecule has 0 saturated heterocycles. The third kappa shape index (κ3) is 4.03. The average Bonchev–Trinajstić information content (AvgIpc) is 3.10. The van der Waals surface area contributed by atoms with Crippen LogP contribution in [0.2, 0.25) is 0 Å². The maximum Gasteiger partial charge on any atom is 0.317 e. The van der Waals surface area contributed by atoms with Gasteiger partial charge in [0.1, 0.15) is 12.7 Å². The van der Waals surface area contributed by atoms with Crippen molar-refractivity contribution in [3.05, 3.63) is 42.5 Å². The van der Waals surface area contributed by atoms with E-state index in [0.717, 1.165) is 18.5 Å². The molecule has 1 heterocycles. The molecule has 2 N–H and O–H groups in total. The number of nitrogens with one attached hydrogen (secondary N) is 1. The van der Waals surface area contributed by atoms with Crippen molar-refractivity contribution < 1.29 is 14.7 Å². The van der Waals surface area contributed by atoms with Crippen molar-refractivity contribution in [3.63, 3.8) is 0 Å². The SMILES string of the molecule is CCN(CC(=O)O)C1CC(NC(=O)c2cccc(-n3cncn3)c2)C1. The number of likely N-dealkylation sites (N-methyl/N-ethyl adjacent to an activating group) is 1. The third-order valence-corrected chi connectivity index (χ3v) is 4.50. The molecule has 0 unspecified atom stereocenters. The van der Waals surface area contributed by atoms with Gasteiger partial charge in [0.2, 0.25) is 0 Å². The van der Waals surface area contributed by atoms with Crippen molar-refractivity contribution in [3.8, 4) is 5.69 Å². The number of carboxylic acids is 1. The Morgan fingerprint density at radius 3 is 2.84 bits per heavy atom. The van der Waals surface area contributed by atoms with E-state index in [1.165, 1.54) is 6.33 Å². The van der Waals surface area contributed by atoms with Crippen molar-refractivity contribution in [1.82, 2.24) is 25.0 Å². The Labute approximate surface area is 145 Å². The number of benzene rings is 1. The normalized spacial score (nSPS) is 19.4. The summed E-state index contributed by atoms with van der Waals surface area (Å²) in [5.74, 6) is -0.953. The maximum absolute atomic E-state index is 12.4. The van der Waals surface area contributed by atoms with Gasteiger partial charge in [-0.1, -0.05) is 13.0 Å². The number of rotatable bonds is 7. The van der Waals surface area contributed by atoms with Gasteiger partial charge in [-0.25, -0.2) is 9.67 Å². The van der Waals surface area contributed by atoms with Crippen LogP contribution < -0.4 is 5.32 Å². The van der Waals surface area contributed by atoms with Crippen LogP contribution in [0.4, 0.5) is 0 Å². The molecule has 8 nitrogen and oxygen atoms in total. The summed E-state index contributed by atoms with van der Waals surface area (Å²) in [4.78, 5) is 29.1. The molecular formula is C17H21N5O3. The quantitative estimate of drug-likeness (QED) is 0.776. The zero-order chi connectivity index (χ0) is 17.8. The first-order chi connectivity index (χ1) is 12.1. The van der Waals surface area contributed by atoms with Crippen molar-refractivity contribution in [1.29, 1.82) is 0 Å². The molecular weight excluding hydrogens is 322 g/mol. The lowest BCUT2D eigenvalue weighted by atomic mass is 9.85. The van der Waals surface area contributed by atoms with Gasteiger partial charge in [0, 0.05) is 17.6 Å². The molecule has 1 aromatic heterocycles. The molecule has 132 valence electrons. The molecule has 0 spiro atoms. The first-order valence-corrected chi connectivity index (χ1v) is 8.28. The number of aliphatic carboxylic acids is 1. The Balaban J connectivity index is 1.56. The molecule has 0 radical (unpaired) electrons. The smallest absolute Gasteiger partial charge is 0.317 e. The molecule has 8 heteroatoms. The number of amides is 1. The van der Waals surface area contributed by atoms with E-state index in [1.54, 1.807) is 29.2 Å². The molecule has 1 saturated carbocycles. The topological polar surface area (TPSA) is 100 Å². The van der Waals surface area contributed by atoms with Crippen LogP contribution >= 0.6 is 0 Å². The Morgan fingerprint density at radius 1 is 1.40 bits per heavy atom. The zero-order valence-electron chi connectivity index (χ0n) is 14.0. The highest BCUT2D eigenvalue weighted by molar-refractivity contribution is 5.95. The summed E-state index contributed by atoms with van der Waals surface area (Å²) in [5, 5.41) is 16.0. The molecule has 1 fully saturated rings. The van der Waals surface area contributed by atoms with Crippen molar-refractivity contribution in [2.75, 3.05) is 13.1 Å². The molecule has 1 amide bonds. The predicted molar refractivity (Wildman–Crippen MR) is 90.5 cm³/mol. The number of hydrogen-bond donors (Lipinski definition) is 2. The van der Waals surface area contributed by atoms with Gasteiger partial charge in [0.05, 0.1) is 12.2 Å². The maximum atomic E-state index is 12.4. The van der Waals surface area contributed by atoms with Crippen LogP contribution in [-0.4, -0.2) is 61.8 Å². The summed E-state index contributed by atoms with van der Waals surface area (Å²) in [6, 6.07) is 7.48. The van der Waals surface area contributed by atoms with Crippen molar-refractivity contribution in [2.45, 2.75) is 31.8 Å². The minimum atomic E-state index is -0.820. The second-order valence-corrected chi connectivity index (χ2v) is 6.14. The van der Waals surface area contributed by atoms with Gasteiger partial charge in [0.15, 0.2) is 0 Å². The van der Waals surface area contributed by atoms with Gasteiger partial charge in [-0.2, -0.15) is 5.10 Å². The highest BCUT2D eigenvalue weighted by Gasteiger charge is 2.34. The van der Waals surface area contributed by atoms with Crippen molar-refractivity contribution >= 4 is 11.9 Å². The van der Waals surface area contributed by atoms with Gasteiger partial charge in [-0.3, -0.25) is 14.5 Å². The lowest BCUT2D eigenvalue weighted by Gasteiger charge is -2.42. The number of carboxylic acid groups (broad SMARTS) is 1. The number of nitrogens with zero attached hydrogens (tertiary/aromatic N) is 4. The summed E-state index contributed by atoms with van der Waals surface area (Å²) >= 11 is 0. The molecule has 0 atom stereocenters. The van der Waals surface area contributed by atoms with E-state index >= 15 is 0 Å². The molecule has 1 aliphatic rings. The number of aromatic nitrogens is 3. The third-order valence-electron chi connectivity index (χ3n) is 4.50. The second-order valence-electron chi connectivity index (χ2n) is 6.14. The van der Waals surface area contributed by atoms with Crippen LogP contribution in [0.3, 0.4) is 0 Å². The Kier molecular flexibility index (Phi) is 5.08. The van der Waals surface area contributed by atoms with Gasteiger partial charge in [-0.15, -0.1) is 0 Å². The summed E-state index contributed by atoms with van der Waals surface area (Å²) < 4.78 is 1.60. The Hall–Kier alpha value is -2.74. The van der Waals surface area contributed by atoms with Crippen LogP contribution in [-0.2, 0) is 4.79 Å². The molecule has 1 aromatic carbocycles. The van der Waals surface area contributed by atoms with Crippen molar-refractivity contribution in [2.24, 2.45) is 0 Å². The zero-order valence-corrected chi connectivity index (χ0v) is 14.0. The number of carbonyl (C=O) groups excluding carboxylic acids is 1. The standard InChI is InChI=1S/C17H21N5O3/c1-2-21(9-16(23)24)15-7-13(8-15)20-17(25)12-4-3-5-14(6-12)22-11-18-10-19-22/h3-6,10-11,13,15H,2,7-9H2,1H3,(H,20,25)(H,23,24). The molecule has 0 aliphatic heterocycles. The van der Waals surface area contributed by atoms with Crippen LogP contribution in [0.1, 0.15) is 30.1 Å². The fraction of sp³-hybridized carbons (Fsp3) is 0.412. The van der Waals surface area contributed by atoms with E-state index in [0.29, 0.717) is 12.1 Å². The first-order valence-electron chi connectivity index (χ1n) is 8.28. The number of hydrogen-bond acceptors (Lipinski definition) is 5. The Morgan fingerprint density at radius 2 is 2.20 bits per heavy atom. The monoisotopic (exact) mass is 343 g/mol. The molecule has 0 bridgehead atoms. The second kappa shape index (κ2) is 7.43. The van der Waals surface area contributed by atoms with E-state index < -0.39 is 5.97 Å². The summed E-state index contributed by atoms with van der Waals surface area (Å²) in [5.41, 5.74) is 1.34. The molecule has 2 aromatic rings. The summed E-state index contributed by atoms with van der Waals surface area (Å²) in [7, 11) is 0. The highest BCUT2D eigenvalue weighted by Crippen LogP contribution is 2.26. The first kappa shape index (κ1) is 17.1. The molecule has 1 aliphatic carbocycles. The van der Waals surface area contributed by atoms with Gasteiger partial charge >= 0.3 is 5.97 Å². The number of carbonyl (C=O) groups is 2. The highest BCUT2D eigenvalue weighted by atomic mass is 16.4. The van der Waals surface area contributed by atoms with E-state index in [4.69, 9.17) is 5.11 Å². The van der Waals surface area contributed by atoms with E-state index in [-0.39, 0.29) is 24.5 Å². The van der Waals surface area contributed by atoms with E-state index in [1.807, 2.05) is 17.9 Å². The summed E-state index contributed by atoms with van der Waals surface area (Å²) in [6.45, 7) is 2.68. The van der Waals surface area contributed by atoms with E-state index in [9.17, 15) is 9.59 Å². The lowest BCUT2D eigenvalue weighted by molar-refractivity contribution is -0.139. The Bertz CT molecular complexity index is 741. The van der Waals surface area contributed by atoms with Gasteiger partial charge < -0.3 is 10.4 Å². The van der Waals surface area contributed by atoms with Crippen LogP contribution in [0.25, 0.3) is 5.69 Å². The van der Waals surface area contributed by atoms with Crippen LogP contribution in [0.15, 0.2) is 36.9 Å². The van der Waals surface area contributed by atoms with Gasteiger partial charge in [0.25, 0.3) is 5.91 Å². The fourth-order valence-corrected chi connectivity index (χ4v) is 3.08. The van der Waals surface area contributed by atoms with Crippen LogP contribution in [0, 0.1) is 0 Å². The minimum Gasteiger partial charge on any atom is -0.480 e. The fourth-order valence-electron chi connectivity index (χ4n) is 3.08. The largest absolute Gasteiger partial charge is 0.480 e. The average molecular weight is 343 g/mol. The van der Waals surface area contributed by atoms with Gasteiger partial charge in [-0.05, 0) is 37.6 Å². The summed E-state index contributed by atoms with van der Waals surface area (Å²) in [6.07, 6.45) is 4.57. The lowest BCUT2D eigenvalue weighted by Crippen LogP contribution is -2.54. The molecule has 3 rings (SSSR count). The van der Waals surface area contributed by atoms with Crippen LogP contribution in [0.5, 0.6) is 0 Å². The predicted octanol–water partition coefficient (Wildman–Crippen LogP) is 0.935. The molecule has 25 heavy (non-hydrogen) atoms.